The first-order valence-corrected chi connectivity index (χ1v) is 9.75. The Morgan fingerprint density at radius 2 is 1.89 bits per heavy atom. The first-order chi connectivity index (χ1) is 13.0. The molecule has 1 heterocycles. The lowest BCUT2D eigenvalue weighted by Crippen LogP contribution is -2.50. The van der Waals surface area contributed by atoms with E-state index < -0.39 is 29.9 Å². The van der Waals surface area contributed by atoms with Crippen molar-refractivity contribution in [2.45, 2.75) is 25.4 Å². The molecule has 1 aromatic carbocycles. The van der Waals surface area contributed by atoms with Gasteiger partial charge in [-0.05, 0) is 37.5 Å². The Bertz CT molecular complexity index is 830. The van der Waals surface area contributed by atoms with Crippen molar-refractivity contribution in [2.24, 2.45) is 0 Å². The molecule has 144 valence electrons. The number of thioether (sulfide) groups is 1. The molecule has 0 aliphatic heterocycles. The number of amides is 2. The number of ether oxygens (including phenoxy) is 1. The van der Waals surface area contributed by atoms with Gasteiger partial charge in [0.15, 0.2) is 0 Å². The third-order valence-electron chi connectivity index (χ3n) is 3.83. The second-order valence-corrected chi connectivity index (χ2v) is 6.79. The number of hydrogen-bond acceptors (Lipinski definition) is 7. The third-order valence-corrected chi connectivity index (χ3v) is 4.48. The van der Waals surface area contributed by atoms with Crippen LogP contribution in [0.1, 0.15) is 23.8 Å². The summed E-state index contributed by atoms with van der Waals surface area (Å²) in [6.07, 6.45) is 3.71. The Kier molecular flexibility index (Phi) is 7.54. The van der Waals surface area contributed by atoms with E-state index in [4.69, 9.17) is 4.74 Å². The summed E-state index contributed by atoms with van der Waals surface area (Å²) in [5.41, 5.74) is 1.37. The topological polar surface area (TPSA) is 110 Å². The molecule has 0 fully saturated rings. The predicted octanol–water partition coefficient (Wildman–Crippen LogP) is 1.16. The number of carbonyl (C=O) groups excluding carboxylic acids is 3. The van der Waals surface area contributed by atoms with Crippen LogP contribution in [0.5, 0.6) is 0 Å². The van der Waals surface area contributed by atoms with Crippen LogP contribution < -0.4 is 10.6 Å². The molecule has 0 spiro atoms. The summed E-state index contributed by atoms with van der Waals surface area (Å²) in [5, 5.41) is 5.18. The first kappa shape index (κ1) is 20.6. The Morgan fingerprint density at radius 1 is 1.19 bits per heavy atom. The predicted molar refractivity (Wildman–Crippen MR) is 103 cm³/mol. The van der Waals surface area contributed by atoms with Crippen LogP contribution >= 0.6 is 11.8 Å². The zero-order valence-electron chi connectivity index (χ0n) is 15.4. The number of carbonyl (C=O) groups is 3. The molecule has 0 aliphatic rings. The lowest BCUT2D eigenvalue weighted by molar-refractivity contribution is -0.145. The molecule has 0 bridgehead atoms. The molecule has 2 aromatic rings. The highest BCUT2D eigenvalue weighted by molar-refractivity contribution is 7.98. The standard InChI is InChI=1S/C18H22N4O4S/c1-11(16(23)22-14(8-9-27-3)18(25)26-2)20-17(24)15-10-19-12-6-4-5-7-13(12)21-15/h4-7,10-11,14H,8-9H2,1-3H3,(H,20,24)(H,22,23)/t11-,14+/m1/s1. The molecule has 8 nitrogen and oxygen atoms in total. The summed E-state index contributed by atoms with van der Waals surface area (Å²) < 4.78 is 4.71. The fourth-order valence-electron chi connectivity index (χ4n) is 2.33. The highest BCUT2D eigenvalue weighted by Gasteiger charge is 2.25. The number of methoxy groups -OCH3 is 1. The normalized spacial score (nSPS) is 12.9. The van der Waals surface area contributed by atoms with Gasteiger partial charge in [-0.2, -0.15) is 11.8 Å². The minimum atomic E-state index is -0.854. The lowest BCUT2D eigenvalue weighted by Gasteiger charge is -2.19. The molecule has 0 saturated carbocycles. The van der Waals surface area contributed by atoms with Crippen LogP contribution in [0.4, 0.5) is 0 Å². The monoisotopic (exact) mass is 390 g/mol. The van der Waals surface area contributed by atoms with Crippen molar-refractivity contribution in [1.29, 1.82) is 0 Å². The Balaban J connectivity index is 2.00. The lowest BCUT2D eigenvalue weighted by atomic mass is 10.2. The van der Waals surface area contributed by atoms with Crippen LogP contribution in [0.25, 0.3) is 11.0 Å². The van der Waals surface area contributed by atoms with Gasteiger partial charge in [0.25, 0.3) is 5.91 Å². The van der Waals surface area contributed by atoms with Crippen LogP contribution in [-0.4, -0.2) is 59.0 Å². The van der Waals surface area contributed by atoms with E-state index in [1.807, 2.05) is 12.3 Å². The first-order valence-electron chi connectivity index (χ1n) is 8.36. The number of nitrogens with zero attached hydrogens (tertiary/aromatic N) is 2. The highest BCUT2D eigenvalue weighted by Crippen LogP contribution is 2.08. The second-order valence-electron chi connectivity index (χ2n) is 5.80. The molecule has 2 rings (SSSR count). The van der Waals surface area contributed by atoms with Gasteiger partial charge in [-0.3, -0.25) is 14.6 Å². The molecule has 9 heteroatoms. The van der Waals surface area contributed by atoms with E-state index in [-0.39, 0.29) is 5.69 Å². The Hall–Kier alpha value is -2.68. The van der Waals surface area contributed by atoms with Gasteiger partial charge in [0.05, 0.1) is 24.3 Å². The molecule has 0 radical (unpaired) electrons. The van der Waals surface area contributed by atoms with Gasteiger partial charge in [0.1, 0.15) is 17.8 Å². The largest absolute Gasteiger partial charge is 0.467 e. The van der Waals surface area contributed by atoms with Crippen molar-refractivity contribution in [2.75, 3.05) is 19.1 Å². The third kappa shape index (κ3) is 5.65. The quantitative estimate of drug-likeness (QED) is 0.651. The average molecular weight is 390 g/mol. The molecule has 27 heavy (non-hydrogen) atoms. The number of benzene rings is 1. The number of fused-ring (bicyclic) bond motifs is 1. The van der Waals surface area contributed by atoms with Gasteiger partial charge in [0, 0.05) is 0 Å². The number of hydrogen-bond donors (Lipinski definition) is 2. The van der Waals surface area contributed by atoms with Crippen molar-refractivity contribution in [1.82, 2.24) is 20.6 Å². The molecule has 2 atom stereocenters. The van der Waals surface area contributed by atoms with Crippen LogP contribution in [-0.2, 0) is 14.3 Å². The Labute approximate surface area is 161 Å². The van der Waals surface area contributed by atoms with Crippen LogP contribution in [0.15, 0.2) is 30.5 Å². The number of nitrogens with one attached hydrogen (secondary N) is 2. The van der Waals surface area contributed by atoms with Crippen LogP contribution in [0, 0.1) is 0 Å². The molecule has 0 saturated heterocycles. The van der Waals surface area contributed by atoms with Crippen LogP contribution in [0.2, 0.25) is 0 Å². The van der Waals surface area contributed by atoms with Gasteiger partial charge in [0.2, 0.25) is 5.91 Å². The number of rotatable bonds is 8. The number of aromatic nitrogens is 2. The van der Waals surface area contributed by atoms with Gasteiger partial charge in [-0.15, -0.1) is 0 Å². The van der Waals surface area contributed by atoms with Crippen molar-refractivity contribution in [3.63, 3.8) is 0 Å². The molecular formula is C18H22N4O4S. The summed E-state index contributed by atoms with van der Waals surface area (Å²) in [5.74, 6) is -0.826. The molecule has 0 unspecified atom stereocenters. The smallest absolute Gasteiger partial charge is 0.328 e. The fourth-order valence-corrected chi connectivity index (χ4v) is 2.80. The summed E-state index contributed by atoms with van der Waals surface area (Å²) in [6.45, 7) is 1.53. The summed E-state index contributed by atoms with van der Waals surface area (Å²) >= 11 is 1.56. The van der Waals surface area contributed by atoms with Gasteiger partial charge >= 0.3 is 5.97 Å². The molecule has 2 N–H and O–H groups in total. The van der Waals surface area contributed by atoms with Crippen molar-refractivity contribution in [3.05, 3.63) is 36.2 Å². The van der Waals surface area contributed by atoms with Crippen LogP contribution in [0.3, 0.4) is 0 Å². The maximum atomic E-state index is 12.4. The molecule has 1 aromatic heterocycles. The average Bonchev–Trinajstić information content (AvgIpc) is 2.69. The van der Waals surface area contributed by atoms with Gasteiger partial charge in [-0.1, -0.05) is 12.1 Å². The van der Waals surface area contributed by atoms with E-state index in [1.165, 1.54) is 20.2 Å². The molecule has 2 amide bonds. The van der Waals surface area contributed by atoms with E-state index in [0.29, 0.717) is 23.2 Å². The van der Waals surface area contributed by atoms with Crippen molar-refractivity contribution < 1.29 is 19.1 Å². The SMILES string of the molecule is COC(=O)[C@H](CCSC)NC(=O)[C@@H](C)NC(=O)c1cnc2ccccc2n1. The summed E-state index contributed by atoms with van der Waals surface area (Å²) in [6, 6.07) is 5.57. The van der Waals surface area contributed by atoms with E-state index in [0.717, 1.165) is 0 Å². The minimum absolute atomic E-state index is 0.111. The van der Waals surface area contributed by atoms with E-state index in [2.05, 4.69) is 20.6 Å². The van der Waals surface area contributed by atoms with Gasteiger partial charge < -0.3 is 15.4 Å². The van der Waals surface area contributed by atoms with Crippen molar-refractivity contribution >= 4 is 40.6 Å². The maximum Gasteiger partial charge on any atom is 0.328 e. The fraction of sp³-hybridized carbons (Fsp3) is 0.389. The minimum Gasteiger partial charge on any atom is -0.467 e. The van der Waals surface area contributed by atoms with E-state index >= 15 is 0 Å². The number of esters is 1. The number of para-hydroxylation sites is 2. The molecule has 0 aliphatic carbocycles. The summed E-state index contributed by atoms with van der Waals surface area (Å²) in [4.78, 5) is 44.9. The zero-order chi connectivity index (χ0) is 19.8. The maximum absolute atomic E-state index is 12.4. The second kappa shape index (κ2) is 9.86. The van der Waals surface area contributed by atoms with Crippen molar-refractivity contribution in [3.8, 4) is 0 Å². The van der Waals surface area contributed by atoms with E-state index in [1.54, 1.807) is 30.0 Å². The zero-order valence-corrected chi connectivity index (χ0v) is 16.2. The Morgan fingerprint density at radius 3 is 2.56 bits per heavy atom. The molecular weight excluding hydrogens is 368 g/mol. The summed E-state index contributed by atoms with van der Waals surface area (Å²) in [7, 11) is 1.27. The van der Waals surface area contributed by atoms with E-state index in [9.17, 15) is 14.4 Å². The van der Waals surface area contributed by atoms with Gasteiger partial charge in [-0.25, -0.2) is 9.78 Å². The highest BCUT2D eigenvalue weighted by atomic mass is 32.2.